The van der Waals surface area contributed by atoms with E-state index in [0.717, 1.165) is 3.93 Å². The molecule has 0 atom stereocenters. The summed E-state index contributed by atoms with van der Waals surface area (Å²) in [5.74, 6) is -1.34. The van der Waals surface area contributed by atoms with E-state index >= 15 is 0 Å². The molecule has 0 saturated heterocycles. The van der Waals surface area contributed by atoms with E-state index < -0.39 is 5.97 Å². The maximum absolute atomic E-state index is 11.0. The molecule has 4 nitrogen and oxygen atoms in total. The van der Waals surface area contributed by atoms with Crippen molar-refractivity contribution < 1.29 is 14.7 Å². The predicted octanol–water partition coefficient (Wildman–Crippen LogP) is 2.05. The molecule has 5 heteroatoms. The Morgan fingerprint density at radius 3 is 2.43 bits per heavy atom. The topological polar surface area (TPSA) is 57.6 Å². The fourth-order valence-corrected chi connectivity index (χ4v) is 1.30. The molecule has 1 amide bonds. The zero-order valence-electron chi connectivity index (χ0n) is 7.40. The van der Waals surface area contributed by atoms with Crippen molar-refractivity contribution in [3.63, 3.8) is 0 Å². The molecule has 0 aromatic heterocycles. The standard InChI is InChI=1S/C9H8BrNO3/c1-6(12)11(10)8-5-3-2-4-7(8)9(13)14/h2-5H,1H3,(H,13,14). The van der Waals surface area contributed by atoms with Crippen LogP contribution >= 0.6 is 16.1 Å². The summed E-state index contributed by atoms with van der Waals surface area (Å²) < 4.78 is 1.12. The van der Waals surface area contributed by atoms with Gasteiger partial charge in [0, 0.05) is 6.92 Å². The highest BCUT2D eigenvalue weighted by Crippen LogP contribution is 2.23. The van der Waals surface area contributed by atoms with Crippen molar-refractivity contribution in [1.29, 1.82) is 0 Å². The molecule has 1 aromatic rings. The summed E-state index contributed by atoms with van der Waals surface area (Å²) in [4.78, 5) is 21.8. The van der Waals surface area contributed by atoms with Crippen molar-refractivity contribution in [2.45, 2.75) is 6.92 Å². The van der Waals surface area contributed by atoms with Crippen molar-refractivity contribution in [3.8, 4) is 0 Å². The van der Waals surface area contributed by atoms with Crippen molar-refractivity contribution in [2.75, 3.05) is 3.93 Å². The van der Waals surface area contributed by atoms with Gasteiger partial charge in [0.15, 0.2) is 0 Å². The maximum atomic E-state index is 11.0. The molecule has 14 heavy (non-hydrogen) atoms. The Hall–Kier alpha value is -1.36. The van der Waals surface area contributed by atoms with Crippen LogP contribution in [0, 0.1) is 0 Å². The summed E-state index contributed by atoms with van der Waals surface area (Å²) >= 11 is 2.99. The number of anilines is 1. The lowest BCUT2D eigenvalue weighted by atomic mass is 10.2. The first-order valence-corrected chi connectivity index (χ1v) is 4.53. The lowest BCUT2D eigenvalue weighted by Crippen LogP contribution is -2.18. The largest absolute Gasteiger partial charge is 0.478 e. The number of carbonyl (C=O) groups is 2. The molecule has 0 aliphatic carbocycles. The van der Waals surface area contributed by atoms with Gasteiger partial charge in [0.25, 0.3) is 0 Å². The number of halogens is 1. The zero-order chi connectivity index (χ0) is 10.7. The molecule has 0 bridgehead atoms. The van der Waals surface area contributed by atoms with Gasteiger partial charge in [-0.2, -0.15) is 0 Å². The van der Waals surface area contributed by atoms with Gasteiger partial charge < -0.3 is 5.11 Å². The summed E-state index contributed by atoms with van der Waals surface area (Å²) in [5, 5.41) is 8.84. The number of benzene rings is 1. The van der Waals surface area contributed by atoms with E-state index in [1.165, 1.54) is 13.0 Å². The Bertz CT molecular complexity index is 378. The molecule has 0 heterocycles. The lowest BCUT2D eigenvalue weighted by molar-refractivity contribution is -0.115. The van der Waals surface area contributed by atoms with E-state index in [-0.39, 0.29) is 11.5 Å². The van der Waals surface area contributed by atoms with Gasteiger partial charge in [0.05, 0.1) is 27.4 Å². The maximum Gasteiger partial charge on any atom is 0.337 e. The van der Waals surface area contributed by atoms with Crippen LogP contribution in [0.25, 0.3) is 0 Å². The van der Waals surface area contributed by atoms with Crippen LogP contribution in [-0.4, -0.2) is 17.0 Å². The Morgan fingerprint density at radius 1 is 1.36 bits per heavy atom. The Morgan fingerprint density at radius 2 is 1.93 bits per heavy atom. The van der Waals surface area contributed by atoms with Crippen LogP contribution in [0.15, 0.2) is 24.3 Å². The Kier molecular flexibility index (Phi) is 3.24. The lowest BCUT2D eigenvalue weighted by Gasteiger charge is -2.13. The number of amides is 1. The van der Waals surface area contributed by atoms with Crippen LogP contribution in [0.4, 0.5) is 5.69 Å². The third kappa shape index (κ3) is 2.11. The van der Waals surface area contributed by atoms with E-state index in [4.69, 9.17) is 5.11 Å². The normalized spacial score (nSPS) is 9.57. The molecule has 0 radical (unpaired) electrons. The van der Waals surface area contributed by atoms with Gasteiger partial charge in [0.2, 0.25) is 5.91 Å². The SMILES string of the molecule is CC(=O)N(Br)c1ccccc1C(=O)O. The fraction of sp³-hybridized carbons (Fsp3) is 0.111. The smallest absolute Gasteiger partial charge is 0.337 e. The van der Waals surface area contributed by atoms with Crippen LogP contribution in [0.2, 0.25) is 0 Å². The second kappa shape index (κ2) is 4.23. The number of nitrogens with zero attached hydrogens (tertiary/aromatic N) is 1. The molecule has 0 fully saturated rings. The summed E-state index contributed by atoms with van der Waals surface area (Å²) in [7, 11) is 0. The molecule has 0 aliphatic heterocycles. The van der Waals surface area contributed by atoms with Gasteiger partial charge in [-0.15, -0.1) is 0 Å². The number of para-hydroxylation sites is 1. The van der Waals surface area contributed by atoms with Gasteiger partial charge in [-0.05, 0) is 12.1 Å². The summed E-state index contributed by atoms with van der Waals surface area (Å²) in [6, 6.07) is 6.27. The van der Waals surface area contributed by atoms with Gasteiger partial charge in [-0.1, -0.05) is 12.1 Å². The monoisotopic (exact) mass is 257 g/mol. The molecule has 0 aliphatic rings. The molecule has 0 unspecified atom stereocenters. The molecule has 0 saturated carbocycles. The fourth-order valence-electron chi connectivity index (χ4n) is 0.995. The molecular formula is C9H8BrNO3. The highest BCUT2D eigenvalue weighted by Gasteiger charge is 2.15. The molecule has 0 spiro atoms. The number of aromatic carboxylic acids is 1. The van der Waals surface area contributed by atoms with Crippen LogP contribution in [-0.2, 0) is 4.79 Å². The van der Waals surface area contributed by atoms with Crippen molar-refractivity contribution in [2.24, 2.45) is 0 Å². The van der Waals surface area contributed by atoms with Crippen LogP contribution in [0.5, 0.6) is 0 Å². The second-order valence-corrected chi connectivity index (χ2v) is 3.33. The summed E-state index contributed by atoms with van der Waals surface area (Å²) in [6.45, 7) is 1.34. The van der Waals surface area contributed by atoms with Crippen LogP contribution < -0.4 is 3.93 Å². The van der Waals surface area contributed by atoms with E-state index in [9.17, 15) is 9.59 Å². The third-order valence-corrected chi connectivity index (χ3v) is 2.50. The molecule has 1 N–H and O–H groups in total. The number of hydrogen-bond acceptors (Lipinski definition) is 2. The van der Waals surface area contributed by atoms with Crippen molar-refractivity contribution >= 4 is 33.7 Å². The molecular weight excluding hydrogens is 250 g/mol. The minimum absolute atomic E-state index is 0.0829. The van der Waals surface area contributed by atoms with Crippen molar-refractivity contribution in [1.82, 2.24) is 0 Å². The van der Waals surface area contributed by atoms with E-state index in [0.29, 0.717) is 5.69 Å². The average Bonchev–Trinajstić information content (AvgIpc) is 2.16. The first kappa shape index (κ1) is 10.7. The molecule has 74 valence electrons. The van der Waals surface area contributed by atoms with Gasteiger partial charge in [-0.25, -0.2) is 8.72 Å². The number of carbonyl (C=O) groups excluding carboxylic acids is 1. The Balaban J connectivity index is 3.19. The highest BCUT2D eigenvalue weighted by atomic mass is 79.9. The average molecular weight is 258 g/mol. The van der Waals surface area contributed by atoms with Gasteiger partial charge in [0.1, 0.15) is 0 Å². The minimum Gasteiger partial charge on any atom is -0.478 e. The molecule has 1 rings (SSSR count). The predicted molar refractivity (Wildman–Crippen MR) is 55.5 cm³/mol. The Labute approximate surface area is 89.5 Å². The first-order valence-electron chi connectivity index (χ1n) is 3.83. The second-order valence-electron chi connectivity index (χ2n) is 2.62. The number of hydrogen-bond donors (Lipinski definition) is 1. The number of carboxylic acids is 1. The van der Waals surface area contributed by atoms with Crippen molar-refractivity contribution in [3.05, 3.63) is 29.8 Å². The number of rotatable bonds is 2. The van der Waals surface area contributed by atoms with E-state index in [2.05, 4.69) is 16.1 Å². The zero-order valence-corrected chi connectivity index (χ0v) is 8.98. The van der Waals surface area contributed by atoms with E-state index in [1.807, 2.05) is 0 Å². The van der Waals surface area contributed by atoms with Crippen LogP contribution in [0.3, 0.4) is 0 Å². The number of carboxylic acid groups (broad SMARTS) is 1. The third-order valence-electron chi connectivity index (χ3n) is 1.62. The highest BCUT2D eigenvalue weighted by molar-refractivity contribution is 9.10. The molecule has 1 aromatic carbocycles. The first-order chi connectivity index (χ1) is 6.54. The quantitative estimate of drug-likeness (QED) is 0.826. The van der Waals surface area contributed by atoms with E-state index in [1.54, 1.807) is 18.2 Å². The minimum atomic E-state index is -1.06. The summed E-state index contributed by atoms with van der Waals surface area (Å²) in [6.07, 6.45) is 0. The van der Waals surface area contributed by atoms with Gasteiger partial charge >= 0.3 is 5.97 Å². The van der Waals surface area contributed by atoms with Gasteiger partial charge in [-0.3, -0.25) is 4.79 Å². The van der Waals surface area contributed by atoms with Crippen LogP contribution in [0.1, 0.15) is 17.3 Å². The summed E-state index contributed by atoms with van der Waals surface area (Å²) in [5.41, 5.74) is 0.409.